The number of pyridine rings is 1. The van der Waals surface area contributed by atoms with Crippen LogP contribution in [0.3, 0.4) is 0 Å². The van der Waals surface area contributed by atoms with Crippen LogP contribution in [0.1, 0.15) is 36.6 Å². The number of benzene rings is 1. The Morgan fingerprint density at radius 1 is 1.25 bits per heavy atom. The third-order valence-electron chi connectivity index (χ3n) is 5.41. The number of aromatic nitrogens is 1. The highest BCUT2D eigenvalue weighted by Crippen LogP contribution is 2.30. The Labute approximate surface area is 191 Å². The number of amides is 1. The van der Waals surface area contributed by atoms with Crippen molar-refractivity contribution in [2.24, 2.45) is 10.9 Å². The summed E-state index contributed by atoms with van der Waals surface area (Å²) in [5.41, 5.74) is 3.20. The standard InChI is InChI=1S/C25H35N5O2/c1-4-26-25(29-17-24(31)30(3)14-12-22-7-5-6-13-27-22)28-16-21-11-8-19(2)15-23(21)32-18-20-9-10-20/h5-8,11,13,15,20H,4,9-10,12,14,16-18H2,1-3H3,(H2,26,28,29). The number of rotatable bonds is 11. The van der Waals surface area contributed by atoms with Gasteiger partial charge in [-0.05, 0) is 56.4 Å². The van der Waals surface area contributed by atoms with Crippen molar-refractivity contribution < 1.29 is 9.53 Å². The van der Waals surface area contributed by atoms with Crippen LogP contribution in [0.2, 0.25) is 0 Å². The highest BCUT2D eigenvalue weighted by atomic mass is 16.5. The monoisotopic (exact) mass is 437 g/mol. The Bertz CT molecular complexity index is 896. The van der Waals surface area contributed by atoms with Crippen LogP contribution in [0.25, 0.3) is 0 Å². The third-order valence-corrected chi connectivity index (χ3v) is 5.41. The molecular weight excluding hydrogens is 402 g/mol. The molecule has 32 heavy (non-hydrogen) atoms. The molecule has 2 N–H and O–H groups in total. The fraction of sp³-hybridized carbons (Fsp3) is 0.480. The van der Waals surface area contributed by atoms with Crippen LogP contribution in [-0.4, -0.2) is 55.0 Å². The molecule has 2 aromatic rings. The number of nitrogens with zero attached hydrogens (tertiary/aromatic N) is 3. The third kappa shape index (κ3) is 7.87. The van der Waals surface area contributed by atoms with Gasteiger partial charge in [0.1, 0.15) is 5.75 Å². The molecule has 0 aliphatic heterocycles. The van der Waals surface area contributed by atoms with E-state index < -0.39 is 0 Å². The largest absolute Gasteiger partial charge is 0.493 e. The number of guanidine groups is 1. The summed E-state index contributed by atoms with van der Waals surface area (Å²) in [6.07, 6.45) is 5.03. The SMILES string of the molecule is CCNC(=NCc1ccc(C)cc1OCC1CC1)NCC(=O)N(C)CCc1ccccn1. The smallest absolute Gasteiger partial charge is 0.241 e. The topological polar surface area (TPSA) is 78.9 Å². The van der Waals surface area contributed by atoms with Gasteiger partial charge in [0.15, 0.2) is 5.96 Å². The molecule has 1 aliphatic rings. The first-order chi connectivity index (χ1) is 15.5. The van der Waals surface area contributed by atoms with E-state index in [0.717, 1.165) is 30.0 Å². The highest BCUT2D eigenvalue weighted by molar-refractivity contribution is 5.86. The second-order valence-electron chi connectivity index (χ2n) is 8.30. The van der Waals surface area contributed by atoms with E-state index in [4.69, 9.17) is 4.74 Å². The maximum absolute atomic E-state index is 12.5. The van der Waals surface area contributed by atoms with E-state index in [-0.39, 0.29) is 12.5 Å². The zero-order chi connectivity index (χ0) is 22.8. The van der Waals surface area contributed by atoms with Gasteiger partial charge in [0.2, 0.25) is 5.91 Å². The van der Waals surface area contributed by atoms with E-state index in [2.05, 4.69) is 45.7 Å². The fourth-order valence-electron chi connectivity index (χ4n) is 3.17. The Balaban J connectivity index is 1.52. The lowest BCUT2D eigenvalue weighted by molar-refractivity contribution is -0.128. The summed E-state index contributed by atoms with van der Waals surface area (Å²) in [5, 5.41) is 6.37. The minimum absolute atomic E-state index is 0.00956. The molecule has 7 heteroatoms. The Morgan fingerprint density at radius 2 is 2.09 bits per heavy atom. The van der Waals surface area contributed by atoms with Crippen molar-refractivity contribution in [2.45, 2.75) is 39.7 Å². The lowest BCUT2D eigenvalue weighted by Crippen LogP contribution is -2.44. The molecule has 1 amide bonds. The predicted molar refractivity (Wildman–Crippen MR) is 128 cm³/mol. The lowest BCUT2D eigenvalue weighted by Gasteiger charge is -2.18. The summed E-state index contributed by atoms with van der Waals surface area (Å²) in [6.45, 7) is 6.86. The van der Waals surface area contributed by atoms with Crippen LogP contribution in [0.5, 0.6) is 5.75 Å². The van der Waals surface area contributed by atoms with Gasteiger partial charge in [0.25, 0.3) is 0 Å². The molecule has 0 saturated heterocycles. The van der Waals surface area contributed by atoms with Gasteiger partial charge in [-0.3, -0.25) is 9.78 Å². The molecular formula is C25H35N5O2. The molecule has 7 nitrogen and oxygen atoms in total. The van der Waals surface area contributed by atoms with Crippen LogP contribution in [-0.2, 0) is 17.8 Å². The number of carbonyl (C=O) groups is 1. The summed E-state index contributed by atoms with van der Waals surface area (Å²) in [5.74, 6) is 2.23. The lowest BCUT2D eigenvalue weighted by atomic mass is 10.1. The van der Waals surface area contributed by atoms with E-state index in [1.807, 2.05) is 32.2 Å². The van der Waals surface area contributed by atoms with E-state index in [9.17, 15) is 4.79 Å². The van der Waals surface area contributed by atoms with Crippen molar-refractivity contribution >= 4 is 11.9 Å². The molecule has 0 atom stereocenters. The summed E-state index contributed by atoms with van der Waals surface area (Å²) in [7, 11) is 1.81. The van der Waals surface area contributed by atoms with Gasteiger partial charge in [-0.15, -0.1) is 0 Å². The molecule has 1 heterocycles. The highest BCUT2D eigenvalue weighted by Gasteiger charge is 2.22. The Hall–Kier alpha value is -3.09. The van der Waals surface area contributed by atoms with E-state index in [1.165, 1.54) is 18.4 Å². The number of ether oxygens (including phenoxy) is 1. The number of hydrogen-bond acceptors (Lipinski definition) is 4. The molecule has 1 aromatic carbocycles. The normalized spacial score (nSPS) is 13.5. The number of hydrogen-bond donors (Lipinski definition) is 2. The first kappa shape index (κ1) is 23.6. The van der Waals surface area contributed by atoms with Gasteiger partial charge >= 0.3 is 0 Å². The first-order valence-electron chi connectivity index (χ1n) is 11.4. The van der Waals surface area contributed by atoms with E-state index in [1.54, 1.807) is 11.1 Å². The summed E-state index contributed by atoms with van der Waals surface area (Å²) in [4.78, 5) is 23.2. The molecule has 1 fully saturated rings. The molecule has 1 saturated carbocycles. The number of nitrogens with one attached hydrogen (secondary N) is 2. The minimum atomic E-state index is 0.00956. The van der Waals surface area contributed by atoms with Crippen molar-refractivity contribution in [3.8, 4) is 5.75 Å². The minimum Gasteiger partial charge on any atom is -0.493 e. The average Bonchev–Trinajstić information content (AvgIpc) is 3.63. The van der Waals surface area contributed by atoms with Crippen molar-refractivity contribution in [2.75, 3.05) is 33.3 Å². The summed E-state index contributed by atoms with van der Waals surface area (Å²) in [6, 6.07) is 12.0. The first-order valence-corrected chi connectivity index (χ1v) is 11.4. The van der Waals surface area contributed by atoms with Crippen molar-refractivity contribution in [3.63, 3.8) is 0 Å². The summed E-state index contributed by atoms with van der Waals surface area (Å²) < 4.78 is 6.05. The van der Waals surface area contributed by atoms with Crippen molar-refractivity contribution in [1.29, 1.82) is 0 Å². The fourth-order valence-corrected chi connectivity index (χ4v) is 3.17. The molecule has 0 spiro atoms. The van der Waals surface area contributed by atoms with Crippen LogP contribution < -0.4 is 15.4 Å². The Morgan fingerprint density at radius 3 is 2.81 bits per heavy atom. The second kappa shape index (κ2) is 12.1. The molecule has 0 bridgehead atoms. The van der Waals surface area contributed by atoms with Gasteiger partial charge in [0.05, 0.1) is 19.7 Å². The van der Waals surface area contributed by atoms with Crippen molar-refractivity contribution in [1.82, 2.24) is 20.5 Å². The zero-order valence-electron chi connectivity index (χ0n) is 19.4. The average molecular weight is 438 g/mol. The molecule has 1 aromatic heterocycles. The van der Waals surface area contributed by atoms with Crippen LogP contribution >= 0.6 is 0 Å². The zero-order valence-corrected chi connectivity index (χ0v) is 19.4. The number of carbonyl (C=O) groups excluding carboxylic acids is 1. The molecule has 172 valence electrons. The van der Waals surface area contributed by atoms with Gasteiger partial charge < -0.3 is 20.3 Å². The van der Waals surface area contributed by atoms with Gasteiger partial charge in [0, 0.05) is 44.0 Å². The van der Waals surface area contributed by atoms with Gasteiger partial charge in [-0.1, -0.05) is 18.2 Å². The number of aliphatic imine (C=N–C) groups is 1. The molecule has 3 rings (SSSR count). The van der Waals surface area contributed by atoms with Gasteiger partial charge in [-0.2, -0.15) is 0 Å². The number of aryl methyl sites for hydroxylation is 1. The predicted octanol–water partition coefficient (Wildman–Crippen LogP) is 2.94. The van der Waals surface area contributed by atoms with Crippen LogP contribution in [0.4, 0.5) is 0 Å². The van der Waals surface area contributed by atoms with Crippen molar-refractivity contribution in [3.05, 3.63) is 59.4 Å². The molecule has 0 unspecified atom stereocenters. The Kier molecular flexibility index (Phi) is 8.90. The van der Waals surface area contributed by atoms with E-state index >= 15 is 0 Å². The summed E-state index contributed by atoms with van der Waals surface area (Å²) >= 11 is 0. The molecule has 0 radical (unpaired) electrons. The second-order valence-corrected chi connectivity index (χ2v) is 8.30. The molecule has 1 aliphatic carbocycles. The maximum atomic E-state index is 12.5. The van der Waals surface area contributed by atoms with Crippen LogP contribution in [0.15, 0.2) is 47.6 Å². The number of likely N-dealkylation sites (N-methyl/N-ethyl adjacent to an activating group) is 1. The maximum Gasteiger partial charge on any atom is 0.241 e. The van der Waals surface area contributed by atoms with Gasteiger partial charge in [-0.25, -0.2) is 4.99 Å². The van der Waals surface area contributed by atoms with Crippen LogP contribution in [0, 0.1) is 12.8 Å². The van der Waals surface area contributed by atoms with E-state index in [0.29, 0.717) is 31.5 Å². The quantitative estimate of drug-likeness (QED) is 0.417.